The van der Waals surface area contributed by atoms with Crippen LogP contribution in [0.1, 0.15) is 163 Å². The number of thiophene rings is 4. The van der Waals surface area contributed by atoms with Gasteiger partial charge in [-0.25, -0.2) is 0 Å². The Morgan fingerprint density at radius 2 is 0.713 bits per heavy atom. The molecule has 456 valence electrons. The fourth-order valence-corrected chi connectivity index (χ4v) is 17.9. The molecule has 5 aromatic heterocycles. The van der Waals surface area contributed by atoms with Gasteiger partial charge in [-0.05, 0) is 221 Å². The fraction of sp³-hybridized carbons (Fsp3) is 0.417. The summed E-state index contributed by atoms with van der Waals surface area (Å²) in [5.41, 5.74) is 11.7. The number of aromatic nitrogens is 2. The first-order valence-electron chi connectivity index (χ1n) is 31.5. The molecule has 87 heavy (non-hydrogen) atoms. The summed E-state index contributed by atoms with van der Waals surface area (Å²) < 4.78 is 31.2. The molecule has 0 aliphatic heterocycles. The Hall–Kier alpha value is -6.36. The number of nitrogens with zero attached hydrogens (tertiary/aromatic N) is 2. The van der Waals surface area contributed by atoms with Crippen LogP contribution in [0.2, 0.25) is 0 Å². The average Bonchev–Trinajstić information content (AvgIpc) is 1.52. The molecule has 10 nitrogen and oxygen atoms in total. The van der Waals surface area contributed by atoms with Gasteiger partial charge in [0.15, 0.2) is 0 Å². The molecule has 0 aliphatic carbocycles. The van der Waals surface area contributed by atoms with Gasteiger partial charge >= 0.3 is 23.9 Å². The molecule has 15 heteroatoms. The quantitative estimate of drug-likeness (QED) is 0.0170. The van der Waals surface area contributed by atoms with Crippen molar-refractivity contribution >= 4 is 124 Å². The molecule has 0 fully saturated rings. The second-order valence-electron chi connectivity index (χ2n) is 22.7. The molecule has 0 saturated carbocycles. The maximum atomic E-state index is 12.4. The van der Waals surface area contributed by atoms with Crippen molar-refractivity contribution in [1.82, 2.24) is 8.75 Å². The molecule has 0 amide bonds. The number of hydrogen-bond donors (Lipinski definition) is 0. The van der Waals surface area contributed by atoms with Gasteiger partial charge in [-0.15, -0.1) is 45.3 Å². The van der Waals surface area contributed by atoms with Crippen LogP contribution in [-0.4, -0.2) is 59.1 Å². The van der Waals surface area contributed by atoms with Crippen LogP contribution in [0.15, 0.2) is 84.9 Å². The second kappa shape index (κ2) is 30.7. The number of fused-ring (bicyclic) bond motifs is 1. The number of unbranched alkanes of at least 4 members (excludes halogenated alkanes) is 8. The average molecular weight is 1260 g/mol. The van der Waals surface area contributed by atoms with Gasteiger partial charge in [0, 0.05) is 75.8 Å². The number of carbonyl (C=O) groups is 4. The lowest BCUT2D eigenvalue weighted by Crippen LogP contribution is -2.03. The van der Waals surface area contributed by atoms with Gasteiger partial charge in [-0.1, -0.05) is 74.2 Å². The molecule has 10 aromatic rings. The maximum Gasteiger partial charge on any atom is 0.305 e. The fourth-order valence-electron chi connectivity index (χ4n) is 12.2. The Labute approximate surface area is 532 Å². The van der Waals surface area contributed by atoms with Gasteiger partial charge < -0.3 is 18.9 Å². The zero-order valence-electron chi connectivity index (χ0n) is 51.3. The minimum Gasteiger partial charge on any atom is -0.466 e. The maximum absolute atomic E-state index is 12.4. The van der Waals surface area contributed by atoms with Crippen molar-refractivity contribution < 1.29 is 38.1 Å². The van der Waals surface area contributed by atoms with Crippen molar-refractivity contribution in [2.75, 3.05) is 26.4 Å². The first kappa shape index (κ1) is 63.7. The van der Waals surface area contributed by atoms with Crippen molar-refractivity contribution in [3.63, 3.8) is 0 Å². The number of esters is 4. The van der Waals surface area contributed by atoms with Crippen molar-refractivity contribution in [3.8, 4) is 50.8 Å². The molecule has 0 aliphatic rings. The summed E-state index contributed by atoms with van der Waals surface area (Å²) in [6, 6.07) is 32.5. The van der Waals surface area contributed by atoms with Gasteiger partial charge in [0.25, 0.3) is 0 Å². The van der Waals surface area contributed by atoms with E-state index < -0.39 is 0 Å². The number of rotatable bonds is 33. The third-order valence-electron chi connectivity index (χ3n) is 16.2. The number of hydrogen-bond acceptors (Lipinski definition) is 15. The number of ether oxygens (including phenoxy) is 4. The Balaban J connectivity index is 1.01. The second-order valence-corrected chi connectivity index (χ2v) is 27.6. The SMILES string of the molecule is CCOC(=O)CCCCCc1cc(C)sc1-c1sc(-c2ccc(-c3cc(CCCCCC(=O)OCC)c(-c4sc(-c5cc6ccc7cc(C)cc8ccc(c5)c6c78)cc4CCCCCC(=O)OCC)s3)c3nsnc23)cc1CCCCCC(=O)OCC. The van der Waals surface area contributed by atoms with Crippen LogP contribution >= 0.6 is 57.1 Å². The molecule has 0 radical (unpaired) electrons. The van der Waals surface area contributed by atoms with Crippen LogP contribution in [0.3, 0.4) is 0 Å². The molecular weight excluding hydrogens is 1180 g/mol. The van der Waals surface area contributed by atoms with E-state index in [4.69, 9.17) is 27.7 Å². The highest BCUT2D eigenvalue weighted by atomic mass is 32.1. The van der Waals surface area contributed by atoms with Gasteiger partial charge in [0.1, 0.15) is 11.0 Å². The molecule has 10 rings (SSSR count). The largest absolute Gasteiger partial charge is 0.466 e. The van der Waals surface area contributed by atoms with Crippen molar-refractivity contribution in [2.45, 2.75) is 170 Å². The molecule has 0 bridgehead atoms. The molecule has 0 N–H and O–H groups in total. The van der Waals surface area contributed by atoms with Gasteiger partial charge in [0.05, 0.1) is 38.2 Å². The monoisotopic (exact) mass is 1260 g/mol. The van der Waals surface area contributed by atoms with E-state index in [2.05, 4.69) is 98.8 Å². The first-order valence-corrected chi connectivity index (χ1v) is 35.5. The number of aryl methyl sites for hydroxylation is 6. The summed E-state index contributed by atoms with van der Waals surface area (Å²) >= 11 is 8.70. The summed E-state index contributed by atoms with van der Waals surface area (Å²) in [6.07, 6.45) is 16.0. The van der Waals surface area contributed by atoms with E-state index in [9.17, 15) is 19.2 Å². The predicted molar refractivity (Wildman–Crippen MR) is 365 cm³/mol. The summed E-state index contributed by atoms with van der Waals surface area (Å²) in [4.78, 5) is 59.1. The van der Waals surface area contributed by atoms with Crippen LogP contribution in [0, 0.1) is 13.8 Å². The lowest BCUT2D eigenvalue weighted by atomic mass is 9.91. The van der Waals surface area contributed by atoms with Crippen molar-refractivity contribution in [1.29, 1.82) is 0 Å². The van der Waals surface area contributed by atoms with E-state index in [0.717, 1.165) is 135 Å². The lowest BCUT2D eigenvalue weighted by Gasteiger charge is -2.13. The van der Waals surface area contributed by atoms with Crippen LogP contribution in [-0.2, 0) is 63.8 Å². The Bertz CT molecular complexity index is 3920. The summed E-state index contributed by atoms with van der Waals surface area (Å²) in [5, 5.41) is 7.67. The van der Waals surface area contributed by atoms with Gasteiger partial charge in [-0.2, -0.15) is 8.75 Å². The minimum absolute atomic E-state index is 0.123. The van der Waals surface area contributed by atoms with Crippen LogP contribution < -0.4 is 0 Å². The van der Waals surface area contributed by atoms with Crippen LogP contribution in [0.5, 0.6) is 0 Å². The third kappa shape index (κ3) is 15.7. The van der Waals surface area contributed by atoms with E-state index in [0.29, 0.717) is 52.1 Å². The van der Waals surface area contributed by atoms with E-state index >= 15 is 0 Å². The molecule has 0 atom stereocenters. The Kier molecular flexibility index (Phi) is 22.5. The van der Waals surface area contributed by atoms with Crippen molar-refractivity contribution in [2.24, 2.45) is 0 Å². The minimum atomic E-state index is -0.139. The molecule has 0 spiro atoms. The molecule has 0 saturated heterocycles. The van der Waals surface area contributed by atoms with E-state index in [1.807, 2.05) is 73.0 Å². The van der Waals surface area contributed by atoms with E-state index in [1.54, 1.807) is 0 Å². The van der Waals surface area contributed by atoms with Crippen LogP contribution in [0.25, 0.3) is 94.2 Å². The standard InChI is InChI=1S/C72H80N2O8S5/c1-7-79-61(75)27-19-11-15-23-51-39-46(6)83-69(51)70-53(25-17-13-21-29-63(77)81-9-3)43-59(85-70)56-35-36-57(68-67(56)73-87-74-68)60-44-54(26-18-14-22-30-64(78)82-10-4)72(86-60)71-52(24-16-12-20-28-62(76)80-8-2)42-58(84-71)55-40-49-33-31-47-37-45(5)38-48-32-34-50(41-55)66(49)65(47)48/h31-44H,7-30H2,1-6H3. The topological polar surface area (TPSA) is 131 Å². The van der Waals surface area contributed by atoms with E-state index in [1.165, 1.54) is 107 Å². The molecule has 5 aromatic carbocycles. The molecule has 0 unspecified atom stereocenters. The highest BCUT2D eigenvalue weighted by Crippen LogP contribution is 2.51. The highest BCUT2D eigenvalue weighted by Gasteiger charge is 2.25. The molecule has 5 heterocycles. The summed E-state index contributed by atoms with van der Waals surface area (Å²) in [6.45, 7) is 13.4. The van der Waals surface area contributed by atoms with E-state index in [-0.39, 0.29) is 23.9 Å². The van der Waals surface area contributed by atoms with Crippen LogP contribution in [0.4, 0.5) is 0 Å². The third-order valence-corrected chi connectivity index (χ3v) is 21.8. The number of benzene rings is 5. The Morgan fingerprint density at radius 1 is 0.379 bits per heavy atom. The first-order chi connectivity index (χ1) is 42.4. The zero-order valence-corrected chi connectivity index (χ0v) is 55.3. The highest BCUT2D eigenvalue weighted by molar-refractivity contribution is 7.26. The summed E-state index contributed by atoms with van der Waals surface area (Å²) in [7, 11) is 0. The normalized spacial score (nSPS) is 11.7. The van der Waals surface area contributed by atoms with Crippen molar-refractivity contribution in [3.05, 3.63) is 118 Å². The molecular formula is C72H80N2O8S5. The van der Waals surface area contributed by atoms with Gasteiger partial charge in [-0.3, -0.25) is 19.2 Å². The number of carbonyl (C=O) groups excluding carboxylic acids is 4. The summed E-state index contributed by atoms with van der Waals surface area (Å²) in [5.74, 6) is -0.527. The predicted octanol–water partition coefficient (Wildman–Crippen LogP) is 20.5. The zero-order chi connectivity index (χ0) is 60.8. The smallest absolute Gasteiger partial charge is 0.305 e. The lowest BCUT2D eigenvalue weighted by molar-refractivity contribution is -0.144. The van der Waals surface area contributed by atoms with Gasteiger partial charge in [0.2, 0.25) is 0 Å². The Morgan fingerprint density at radius 3 is 1.09 bits per heavy atom.